The number of benzene rings is 1. The van der Waals surface area contributed by atoms with E-state index >= 15 is 0 Å². The summed E-state index contributed by atoms with van der Waals surface area (Å²) in [6, 6.07) is 7.22. The van der Waals surface area contributed by atoms with Gasteiger partial charge in [-0.15, -0.1) is 0 Å². The first kappa shape index (κ1) is 13.4. The lowest BCUT2D eigenvalue weighted by Crippen LogP contribution is -2.02. The quantitative estimate of drug-likeness (QED) is 0.927. The molecule has 1 aromatic carbocycles. The van der Waals surface area contributed by atoms with Crippen LogP contribution in [-0.4, -0.2) is 11.6 Å². The van der Waals surface area contributed by atoms with Crippen LogP contribution >= 0.6 is 0 Å². The van der Waals surface area contributed by atoms with Gasteiger partial charge in [-0.05, 0) is 23.8 Å². The summed E-state index contributed by atoms with van der Waals surface area (Å²) < 4.78 is 41.9. The summed E-state index contributed by atoms with van der Waals surface area (Å²) in [5.41, 5.74) is 6.84. The third-order valence-electron chi connectivity index (χ3n) is 2.51. The smallest absolute Gasteiger partial charge is 0.387 e. The lowest BCUT2D eigenvalue weighted by atomic mass is 10.1. The molecule has 2 rings (SSSR count). The van der Waals surface area contributed by atoms with Crippen molar-refractivity contribution in [2.24, 2.45) is 5.73 Å². The van der Waals surface area contributed by atoms with Gasteiger partial charge in [-0.25, -0.2) is 4.39 Å². The predicted molar refractivity (Wildman–Crippen MR) is 64.2 cm³/mol. The van der Waals surface area contributed by atoms with Crippen LogP contribution < -0.4 is 10.5 Å². The van der Waals surface area contributed by atoms with Crippen LogP contribution in [0.3, 0.4) is 0 Å². The maximum absolute atomic E-state index is 13.6. The minimum atomic E-state index is -2.88. The molecule has 19 heavy (non-hydrogen) atoms. The van der Waals surface area contributed by atoms with E-state index in [0.717, 1.165) is 6.20 Å². The van der Waals surface area contributed by atoms with E-state index in [9.17, 15) is 13.2 Å². The Labute approximate surface area is 107 Å². The standard InChI is InChI=1S/C13H11F3N2O/c14-12-7-18-9(6-17)5-11(12)8-1-3-10(4-2-8)19-13(15)16/h1-5,7,13H,6,17H2. The molecule has 0 saturated carbocycles. The lowest BCUT2D eigenvalue weighted by molar-refractivity contribution is -0.0498. The van der Waals surface area contributed by atoms with Crippen LogP contribution in [0, 0.1) is 5.82 Å². The Balaban J connectivity index is 2.31. The first-order valence-corrected chi connectivity index (χ1v) is 5.50. The van der Waals surface area contributed by atoms with Crippen molar-refractivity contribution in [3.63, 3.8) is 0 Å². The van der Waals surface area contributed by atoms with Crippen LogP contribution in [0.15, 0.2) is 36.5 Å². The highest BCUT2D eigenvalue weighted by molar-refractivity contribution is 5.64. The highest BCUT2D eigenvalue weighted by atomic mass is 19.3. The summed E-state index contributed by atoms with van der Waals surface area (Å²) in [6.07, 6.45) is 1.08. The summed E-state index contributed by atoms with van der Waals surface area (Å²) in [6.45, 7) is -2.69. The Kier molecular flexibility index (Phi) is 4.01. The van der Waals surface area contributed by atoms with Crippen LogP contribution in [0.4, 0.5) is 13.2 Å². The minimum Gasteiger partial charge on any atom is -0.435 e. The molecule has 0 unspecified atom stereocenters. The second kappa shape index (κ2) is 5.71. The Morgan fingerprint density at radius 1 is 1.21 bits per heavy atom. The Bertz CT molecular complexity index is 558. The third kappa shape index (κ3) is 3.23. The van der Waals surface area contributed by atoms with E-state index in [2.05, 4.69) is 9.72 Å². The molecule has 0 aliphatic rings. The summed E-state index contributed by atoms with van der Waals surface area (Å²) in [4.78, 5) is 3.82. The van der Waals surface area contributed by atoms with E-state index in [4.69, 9.17) is 5.73 Å². The fourth-order valence-electron chi connectivity index (χ4n) is 1.63. The van der Waals surface area contributed by atoms with E-state index in [0.29, 0.717) is 16.8 Å². The molecule has 100 valence electrons. The zero-order valence-electron chi connectivity index (χ0n) is 9.82. The molecular formula is C13H11F3N2O. The number of nitrogens with two attached hydrogens (primary N) is 1. The Morgan fingerprint density at radius 3 is 2.47 bits per heavy atom. The average molecular weight is 268 g/mol. The van der Waals surface area contributed by atoms with Crippen LogP contribution in [0.1, 0.15) is 5.69 Å². The Hall–Kier alpha value is -2.08. The van der Waals surface area contributed by atoms with E-state index in [1.54, 1.807) is 0 Å². The van der Waals surface area contributed by atoms with Gasteiger partial charge in [0, 0.05) is 12.1 Å². The van der Waals surface area contributed by atoms with Crippen molar-refractivity contribution in [2.75, 3.05) is 0 Å². The SMILES string of the molecule is NCc1cc(-c2ccc(OC(F)F)cc2)c(F)cn1. The molecule has 0 fully saturated rings. The van der Waals surface area contributed by atoms with Gasteiger partial charge in [-0.2, -0.15) is 8.78 Å². The molecule has 0 aliphatic heterocycles. The second-order valence-electron chi connectivity index (χ2n) is 3.76. The first-order chi connectivity index (χ1) is 9.10. The zero-order chi connectivity index (χ0) is 13.8. The zero-order valence-corrected chi connectivity index (χ0v) is 9.82. The molecular weight excluding hydrogens is 257 g/mol. The van der Waals surface area contributed by atoms with Gasteiger partial charge < -0.3 is 10.5 Å². The summed E-state index contributed by atoms with van der Waals surface area (Å²) in [7, 11) is 0. The maximum atomic E-state index is 13.6. The highest BCUT2D eigenvalue weighted by Gasteiger charge is 2.08. The van der Waals surface area contributed by atoms with E-state index in [1.165, 1.54) is 30.3 Å². The largest absolute Gasteiger partial charge is 0.435 e. The molecule has 0 aliphatic carbocycles. The van der Waals surface area contributed by atoms with Crippen molar-refractivity contribution in [3.05, 3.63) is 48.0 Å². The maximum Gasteiger partial charge on any atom is 0.387 e. The number of alkyl halides is 2. The monoisotopic (exact) mass is 268 g/mol. The number of aromatic nitrogens is 1. The van der Waals surface area contributed by atoms with Gasteiger partial charge >= 0.3 is 6.61 Å². The molecule has 6 heteroatoms. The van der Waals surface area contributed by atoms with E-state index < -0.39 is 12.4 Å². The molecule has 1 heterocycles. The van der Waals surface area contributed by atoms with Gasteiger partial charge in [-0.3, -0.25) is 4.98 Å². The van der Waals surface area contributed by atoms with Crippen molar-refractivity contribution < 1.29 is 17.9 Å². The fraction of sp³-hybridized carbons (Fsp3) is 0.154. The number of rotatable bonds is 4. The molecule has 0 amide bonds. The number of hydrogen-bond donors (Lipinski definition) is 1. The molecule has 1 aromatic heterocycles. The molecule has 0 saturated heterocycles. The number of pyridine rings is 1. The van der Waals surface area contributed by atoms with E-state index in [1.807, 2.05) is 0 Å². The number of halogens is 3. The molecule has 2 N–H and O–H groups in total. The van der Waals surface area contributed by atoms with Crippen LogP contribution in [-0.2, 0) is 6.54 Å². The molecule has 0 atom stereocenters. The minimum absolute atomic E-state index is 0.0206. The van der Waals surface area contributed by atoms with Gasteiger partial charge in [0.15, 0.2) is 0 Å². The molecule has 0 bridgehead atoms. The number of hydrogen-bond acceptors (Lipinski definition) is 3. The number of ether oxygens (including phenoxy) is 1. The van der Waals surface area contributed by atoms with Crippen LogP contribution in [0.5, 0.6) is 5.75 Å². The van der Waals surface area contributed by atoms with Crippen molar-refractivity contribution in [1.29, 1.82) is 0 Å². The average Bonchev–Trinajstić information content (AvgIpc) is 2.40. The van der Waals surface area contributed by atoms with Gasteiger partial charge in [0.05, 0.1) is 11.9 Å². The first-order valence-electron chi connectivity index (χ1n) is 5.50. The van der Waals surface area contributed by atoms with Gasteiger partial charge in [0.2, 0.25) is 0 Å². The van der Waals surface area contributed by atoms with Crippen molar-refractivity contribution in [2.45, 2.75) is 13.2 Å². The van der Waals surface area contributed by atoms with Crippen molar-refractivity contribution >= 4 is 0 Å². The van der Waals surface area contributed by atoms with Crippen molar-refractivity contribution in [1.82, 2.24) is 4.98 Å². The molecule has 2 aromatic rings. The van der Waals surface area contributed by atoms with Gasteiger partial charge in [0.1, 0.15) is 11.6 Å². The molecule has 0 spiro atoms. The predicted octanol–water partition coefficient (Wildman–Crippen LogP) is 2.95. The molecule has 0 radical (unpaired) electrons. The third-order valence-corrected chi connectivity index (χ3v) is 2.51. The molecule has 3 nitrogen and oxygen atoms in total. The summed E-state index contributed by atoms with van der Waals surface area (Å²) >= 11 is 0. The Morgan fingerprint density at radius 2 is 1.89 bits per heavy atom. The normalized spacial score (nSPS) is 10.8. The van der Waals surface area contributed by atoms with Gasteiger partial charge in [0.25, 0.3) is 0 Å². The lowest BCUT2D eigenvalue weighted by Gasteiger charge is -2.07. The fourth-order valence-corrected chi connectivity index (χ4v) is 1.63. The number of nitrogens with zero attached hydrogens (tertiary/aromatic N) is 1. The second-order valence-corrected chi connectivity index (χ2v) is 3.76. The van der Waals surface area contributed by atoms with E-state index in [-0.39, 0.29) is 12.3 Å². The summed E-state index contributed by atoms with van der Waals surface area (Å²) in [5.74, 6) is -0.480. The van der Waals surface area contributed by atoms with Crippen molar-refractivity contribution in [3.8, 4) is 16.9 Å². The highest BCUT2D eigenvalue weighted by Crippen LogP contribution is 2.25. The summed E-state index contributed by atoms with van der Waals surface area (Å²) in [5, 5.41) is 0. The van der Waals surface area contributed by atoms with Gasteiger partial charge in [-0.1, -0.05) is 12.1 Å². The topological polar surface area (TPSA) is 48.1 Å². The van der Waals surface area contributed by atoms with Crippen LogP contribution in [0.25, 0.3) is 11.1 Å². The van der Waals surface area contributed by atoms with Crippen LogP contribution in [0.2, 0.25) is 0 Å².